The third-order valence-corrected chi connectivity index (χ3v) is 5.27. The number of rotatable bonds is 3. The average molecular weight is 488 g/mol. The summed E-state index contributed by atoms with van der Waals surface area (Å²) in [5, 5.41) is 18.9. The molecule has 26 heavy (non-hydrogen) atoms. The first-order chi connectivity index (χ1) is 12.3. The van der Waals surface area contributed by atoms with E-state index >= 15 is 0 Å². The van der Waals surface area contributed by atoms with Crippen LogP contribution in [0.15, 0.2) is 44.4 Å². The highest BCUT2D eigenvalue weighted by Gasteiger charge is 2.41. The fourth-order valence-corrected chi connectivity index (χ4v) is 4.42. The predicted molar refractivity (Wildman–Crippen MR) is 103 cm³/mol. The number of aromatic hydroxyl groups is 1. The monoisotopic (exact) mass is 486 g/mol. The Morgan fingerprint density at radius 1 is 1.35 bits per heavy atom. The molecule has 138 valence electrons. The first-order valence-electron chi connectivity index (χ1n) is 7.69. The van der Waals surface area contributed by atoms with Crippen molar-refractivity contribution in [1.29, 1.82) is 0 Å². The second-order valence-corrected chi connectivity index (χ2v) is 7.65. The number of amidine groups is 1. The minimum absolute atomic E-state index is 0.0309. The van der Waals surface area contributed by atoms with Crippen LogP contribution in [0.1, 0.15) is 18.5 Å². The van der Waals surface area contributed by atoms with Gasteiger partial charge in [0.05, 0.1) is 17.6 Å². The molecule has 0 aromatic heterocycles. The maximum Gasteiger partial charge on any atom is 0.507 e. The van der Waals surface area contributed by atoms with Crippen molar-refractivity contribution < 1.29 is 24.5 Å². The second-order valence-electron chi connectivity index (χ2n) is 5.88. The van der Waals surface area contributed by atoms with Gasteiger partial charge in [-0.05, 0) is 55.6 Å². The van der Waals surface area contributed by atoms with Gasteiger partial charge in [-0.3, -0.25) is 0 Å². The van der Waals surface area contributed by atoms with Crippen LogP contribution >= 0.6 is 31.9 Å². The zero-order chi connectivity index (χ0) is 19.0. The number of hydrogen-bond donors (Lipinski definition) is 2. The topological polar surface area (TPSA) is 91.6 Å². The Morgan fingerprint density at radius 2 is 2.08 bits per heavy atom. The van der Waals surface area contributed by atoms with Crippen molar-refractivity contribution in [2.75, 3.05) is 7.11 Å². The van der Waals surface area contributed by atoms with Crippen molar-refractivity contribution in [3.63, 3.8) is 0 Å². The second kappa shape index (κ2) is 7.32. The van der Waals surface area contributed by atoms with Crippen LogP contribution in [-0.2, 0) is 4.74 Å². The number of methoxy groups -OCH3 is 1. The van der Waals surface area contributed by atoms with Gasteiger partial charge >= 0.3 is 6.16 Å². The summed E-state index contributed by atoms with van der Waals surface area (Å²) in [6, 6.07) is 4.77. The highest BCUT2D eigenvalue weighted by atomic mass is 79.9. The Kier molecular flexibility index (Phi) is 5.29. The van der Waals surface area contributed by atoms with Crippen LogP contribution < -0.4 is 4.74 Å². The molecular formula is C17H16Br2N2O5. The summed E-state index contributed by atoms with van der Waals surface area (Å²) in [6.45, 7) is 1.87. The van der Waals surface area contributed by atoms with E-state index < -0.39 is 12.4 Å². The Balaban J connectivity index is 2.11. The molecule has 2 N–H and O–H groups in total. The van der Waals surface area contributed by atoms with Crippen molar-refractivity contribution >= 4 is 43.9 Å². The van der Waals surface area contributed by atoms with Crippen LogP contribution in [0.5, 0.6) is 11.5 Å². The average Bonchev–Trinajstić information content (AvgIpc) is 2.57. The van der Waals surface area contributed by atoms with Crippen molar-refractivity contribution in [2.45, 2.75) is 19.2 Å². The number of fused-ring (bicyclic) bond motifs is 1. The maximum absolute atomic E-state index is 11.1. The van der Waals surface area contributed by atoms with Gasteiger partial charge in [0.1, 0.15) is 5.84 Å². The number of ether oxygens (including phenoxy) is 2. The van der Waals surface area contributed by atoms with Crippen LogP contribution in [0.4, 0.5) is 4.79 Å². The maximum atomic E-state index is 11.1. The SMILES string of the molecule is COc1cc(C2C(C)C(OC(=O)O)N=C3C(Br)=CC(Br)=CN32)ccc1O. The molecule has 1 aromatic carbocycles. The minimum atomic E-state index is -1.38. The number of phenols is 1. The van der Waals surface area contributed by atoms with Crippen LogP contribution in [0.25, 0.3) is 0 Å². The number of allylic oxidation sites excluding steroid dienone is 2. The van der Waals surface area contributed by atoms with Gasteiger partial charge < -0.3 is 24.6 Å². The molecule has 3 rings (SSSR count). The highest BCUT2D eigenvalue weighted by Crippen LogP contribution is 2.43. The van der Waals surface area contributed by atoms with Crippen LogP contribution in [0.2, 0.25) is 0 Å². The van der Waals surface area contributed by atoms with Gasteiger partial charge in [0.15, 0.2) is 11.5 Å². The summed E-state index contributed by atoms with van der Waals surface area (Å²) in [5.41, 5.74) is 0.831. The van der Waals surface area contributed by atoms with Crippen LogP contribution in [0.3, 0.4) is 0 Å². The van der Waals surface area contributed by atoms with E-state index in [0.29, 0.717) is 16.1 Å². The quantitative estimate of drug-likeness (QED) is 0.616. The standard InChI is InChI=1S/C17H16Br2N2O5/c1-8-14(9-3-4-12(22)13(5-9)25-2)21-7-10(18)6-11(19)15(21)20-16(8)26-17(23)24/h3-8,14,16,22H,1-2H3,(H,23,24). The molecule has 2 aliphatic rings. The molecule has 9 heteroatoms. The fourth-order valence-electron chi connectivity index (χ4n) is 3.11. The van der Waals surface area contributed by atoms with Crippen molar-refractivity contribution in [1.82, 2.24) is 4.90 Å². The molecule has 0 amide bonds. The van der Waals surface area contributed by atoms with E-state index in [1.54, 1.807) is 18.2 Å². The summed E-state index contributed by atoms with van der Waals surface area (Å²) >= 11 is 6.95. The molecule has 0 aliphatic carbocycles. The van der Waals surface area contributed by atoms with E-state index in [1.807, 2.05) is 24.1 Å². The summed E-state index contributed by atoms with van der Waals surface area (Å²) in [6.07, 6.45) is 1.46. The van der Waals surface area contributed by atoms with Crippen molar-refractivity contribution in [3.8, 4) is 11.5 Å². The third-order valence-electron chi connectivity index (χ3n) is 4.25. The zero-order valence-corrected chi connectivity index (χ0v) is 17.1. The molecular weight excluding hydrogens is 472 g/mol. The molecule has 1 aromatic rings. The van der Waals surface area contributed by atoms with E-state index in [9.17, 15) is 9.90 Å². The molecule has 0 bridgehead atoms. The first kappa shape index (κ1) is 18.8. The summed E-state index contributed by atoms with van der Waals surface area (Å²) in [4.78, 5) is 17.5. The van der Waals surface area contributed by atoms with Gasteiger partial charge in [-0.1, -0.05) is 13.0 Å². The minimum Gasteiger partial charge on any atom is -0.504 e. The number of halogens is 2. The lowest BCUT2D eigenvalue weighted by Crippen LogP contribution is -2.45. The molecule has 2 heterocycles. The summed E-state index contributed by atoms with van der Waals surface area (Å²) in [7, 11) is 1.48. The first-order valence-corrected chi connectivity index (χ1v) is 9.28. The van der Waals surface area contributed by atoms with Gasteiger partial charge in [0, 0.05) is 16.6 Å². The number of aliphatic imine (C=N–C) groups is 1. The zero-order valence-electron chi connectivity index (χ0n) is 13.9. The largest absolute Gasteiger partial charge is 0.507 e. The van der Waals surface area contributed by atoms with Crippen molar-refractivity contribution in [2.24, 2.45) is 10.9 Å². The Bertz CT molecular complexity index is 836. The number of benzene rings is 1. The van der Waals surface area contributed by atoms with Crippen LogP contribution in [0, 0.1) is 5.92 Å². The Morgan fingerprint density at radius 3 is 2.73 bits per heavy atom. The van der Waals surface area contributed by atoms with E-state index in [1.165, 1.54) is 7.11 Å². The van der Waals surface area contributed by atoms with E-state index in [2.05, 4.69) is 36.9 Å². The van der Waals surface area contributed by atoms with E-state index in [-0.39, 0.29) is 17.7 Å². The number of phenolic OH excluding ortho intramolecular Hbond substituents is 1. The molecule has 0 fully saturated rings. The van der Waals surface area contributed by atoms with Gasteiger partial charge in [0.2, 0.25) is 6.23 Å². The van der Waals surface area contributed by atoms with Crippen molar-refractivity contribution in [3.05, 3.63) is 45.0 Å². The molecule has 0 spiro atoms. The number of nitrogens with zero attached hydrogens (tertiary/aromatic N) is 2. The number of carboxylic acid groups (broad SMARTS) is 1. The van der Waals surface area contributed by atoms with Crippen LogP contribution in [-0.4, -0.2) is 40.4 Å². The normalized spacial score (nSPS) is 24.8. The molecule has 7 nitrogen and oxygen atoms in total. The van der Waals surface area contributed by atoms with E-state index in [0.717, 1.165) is 10.0 Å². The predicted octanol–water partition coefficient (Wildman–Crippen LogP) is 4.34. The van der Waals surface area contributed by atoms with E-state index in [4.69, 9.17) is 14.6 Å². The van der Waals surface area contributed by atoms with Gasteiger partial charge in [-0.2, -0.15) is 0 Å². The number of carbonyl (C=O) groups is 1. The lowest BCUT2D eigenvalue weighted by molar-refractivity contribution is 0.0100. The molecule has 0 radical (unpaired) electrons. The molecule has 2 aliphatic heterocycles. The molecule has 0 saturated heterocycles. The highest BCUT2D eigenvalue weighted by molar-refractivity contribution is 9.12. The lowest BCUT2D eigenvalue weighted by atomic mass is 9.89. The molecule has 3 unspecified atom stereocenters. The fraction of sp³-hybridized carbons (Fsp3) is 0.294. The summed E-state index contributed by atoms with van der Waals surface area (Å²) in [5.74, 6) is 0.640. The van der Waals surface area contributed by atoms with Gasteiger partial charge in [0.25, 0.3) is 0 Å². The number of hydrogen-bond acceptors (Lipinski definition) is 6. The Hall–Kier alpha value is -2.00. The third kappa shape index (κ3) is 3.45. The summed E-state index contributed by atoms with van der Waals surface area (Å²) < 4.78 is 11.8. The molecule has 3 atom stereocenters. The van der Waals surface area contributed by atoms with Gasteiger partial charge in [-0.25, -0.2) is 9.79 Å². The molecule has 0 saturated carbocycles. The smallest absolute Gasteiger partial charge is 0.504 e. The lowest BCUT2D eigenvalue weighted by Gasteiger charge is -2.43. The van der Waals surface area contributed by atoms with Gasteiger partial charge in [-0.15, -0.1) is 0 Å². The Labute approximate surface area is 166 Å².